The van der Waals surface area contributed by atoms with Crippen LogP contribution in [0.3, 0.4) is 0 Å². The zero-order valence-corrected chi connectivity index (χ0v) is 19.3. The predicted molar refractivity (Wildman–Crippen MR) is 133 cm³/mol. The Morgan fingerprint density at radius 3 is 2.41 bits per heavy atom. The van der Waals surface area contributed by atoms with Crippen LogP contribution in [0.4, 0.5) is 26.2 Å². The largest absolute Gasteiger partial charge is 0.368 e. The van der Waals surface area contributed by atoms with Crippen molar-refractivity contribution in [2.45, 2.75) is 6.54 Å². The van der Waals surface area contributed by atoms with Crippen LogP contribution in [-0.2, 0) is 6.54 Å². The van der Waals surface area contributed by atoms with Gasteiger partial charge in [0.1, 0.15) is 12.0 Å². The van der Waals surface area contributed by atoms with Crippen molar-refractivity contribution in [2.24, 2.45) is 0 Å². The smallest absolute Gasteiger partial charge is 0.287 e. The topological polar surface area (TPSA) is 135 Å². The number of hydrogen-bond donors (Lipinski definition) is 3. The van der Waals surface area contributed by atoms with Crippen molar-refractivity contribution in [3.05, 3.63) is 106 Å². The molecule has 1 amide bonds. The standard InChI is InChI=1S/C25H21F2N7O3/c26-20-7-1-16(13-21(20)27)14-32-24(35)18-4-2-17(3-5-18)22-9-10-29-25(33-22)30-12-11-28-23-8-6-19(15-31-23)34(36)37/h1-10,13,15H,11-12,14H2,(H,28,31)(H,32,35)(H,29,30,33). The number of rotatable bonds is 10. The van der Waals surface area contributed by atoms with E-state index in [1.54, 1.807) is 36.5 Å². The maximum absolute atomic E-state index is 13.3. The Hall–Kier alpha value is -5.00. The van der Waals surface area contributed by atoms with Gasteiger partial charge in [0.25, 0.3) is 11.6 Å². The van der Waals surface area contributed by atoms with Gasteiger partial charge in [-0.15, -0.1) is 0 Å². The summed E-state index contributed by atoms with van der Waals surface area (Å²) in [6.45, 7) is 1.01. The number of anilines is 2. The first-order valence-corrected chi connectivity index (χ1v) is 11.1. The van der Waals surface area contributed by atoms with Crippen molar-refractivity contribution in [3.8, 4) is 11.3 Å². The Balaban J connectivity index is 1.28. The third kappa shape index (κ3) is 6.78. The van der Waals surface area contributed by atoms with Crippen LogP contribution in [0.15, 0.2) is 73.1 Å². The monoisotopic (exact) mass is 505 g/mol. The van der Waals surface area contributed by atoms with Crippen molar-refractivity contribution in [2.75, 3.05) is 23.7 Å². The van der Waals surface area contributed by atoms with Gasteiger partial charge in [-0.3, -0.25) is 14.9 Å². The van der Waals surface area contributed by atoms with E-state index < -0.39 is 16.6 Å². The lowest BCUT2D eigenvalue weighted by molar-refractivity contribution is -0.385. The molecule has 2 heterocycles. The van der Waals surface area contributed by atoms with Gasteiger partial charge in [0, 0.05) is 43.0 Å². The molecule has 0 aliphatic carbocycles. The number of benzene rings is 2. The van der Waals surface area contributed by atoms with Crippen molar-refractivity contribution < 1.29 is 18.5 Å². The highest BCUT2D eigenvalue weighted by Crippen LogP contribution is 2.19. The zero-order chi connectivity index (χ0) is 26.2. The number of nitro groups is 1. The van der Waals surface area contributed by atoms with Gasteiger partial charge in [0.15, 0.2) is 11.6 Å². The molecule has 12 heteroatoms. The highest BCUT2D eigenvalue weighted by atomic mass is 19.2. The van der Waals surface area contributed by atoms with Gasteiger partial charge in [-0.2, -0.15) is 0 Å². The molecule has 0 atom stereocenters. The Labute approximate surface area is 210 Å². The molecule has 4 rings (SSSR count). The molecule has 0 fully saturated rings. The summed E-state index contributed by atoms with van der Waals surface area (Å²) in [4.78, 5) is 35.2. The lowest BCUT2D eigenvalue weighted by Crippen LogP contribution is -2.22. The molecule has 0 spiro atoms. The number of halogens is 2. The Bertz CT molecular complexity index is 1400. The summed E-state index contributed by atoms with van der Waals surface area (Å²) in [6, 6.07) is 14.9. The lowest BCUT2D eigenvalue weighted by atomic mass is 10.1. The van der Waals surface area contributed by atoms with Gasteiger partial charge in [0.2, 0.25) is 5.95 Å². The molecule has 0 unspecified atom stereocenters. The van der Waals surface area contributed by atoms with Crippen molar-refractivity contribution >= 4 is 23.4 Å². The first-order valence-electron chi connectivity index (χ1n) is 11.1. The van der Waals surface area contributed by atoms with E-state index >= 15 is 0 Å². The first kappa shape index (κ1) is 25.1. The summed E-state index contributed by atoms with van der Waals surface area (Å²) in [7, 11) is 0. The van der Waals surface area contributed by atoms with Gasteiger partial charge >= 0.3 is 0 Å². The van der Waals surface area contributed by atoms with Crippen LogP contribution in [0.5, 0.6) is 0 Å². The summed E-state index contributed by atoms with van der Waals surface area (Å²) in [5.41, 5.74) is 2.20. The van der Waals surface area contributed by atoms with Crippen LogP contribution >= 0.6 is 0 Å². The van der Waals surface area contributed by atoms with Crippen molar-refractivity contribution in [1.29, 1.82) is 0 Å². The highest BCUT2D eigenvalue weighted by Gasteiger charge is 2.09. The summed E-state index contributed by atoms with van der Waals surface area (Å²) in [6.07, 6.45) is 2.79. The van der Waals surface area contributed by atoms with Crippen LogP contribution in [-0.4, -0.2) is 38.9 Å². The number of nitrogens with zero attached hydrogens (tertiary/aromatic N) is 4. The van der Waals surface area contributed by atoms with Crippen molar-refractivity contribution in [1.82, 2.24) is 20.3 Å². The van der Waals surface area contributed by atoms with E-state index in [1.165, 1.54) is 24.4 Å². The molecule has 0 saturated heterocycles. The second-order valence-electron chi connectivity index (χ2n) is 7.79. The third-order valence-corrected chi connectivity index (χ3v) is 5.21. The summed E-state index contributed by atoms with van der Waals surface area (Å²) < 4.78 is 26.4. The lowest BCUT2D eigenvalue weighted by Gasteiger charge is -2.09. The van der Waals surface area contributed by atoms with E-state index in [9.17, 15) is 23.7 Å². The van der Waals surface area contributed by atoms with Crippen LogP contribution in [0.2, 0.25) is 0 Å². The second-order valence-corrected chi connectivity index (χ2v) is 7.79. The number of carbonyl (C=O) groups is 1. The molecule has 188 valence electrons. The average molecular weight is 505 g/mol. The quantitative estimate of drug-likeness (QED) is 0.166. The van der Waals surface area contributed by atoms with E-state index in [-0.39, 0.29) is 18.1 Å². The first-order chi connectivity index (χ1) is 17.9. The normalized spacial score (nSPS) is 10.5. The summed E-state index contributed by atoms with van der Waals surface area (Å²) in [5, 5.41) is 19.5. The highest BCUT2D eigenvalue weighted by molar-refractivity contribution is 5.94. The fourth-order valence-corrected chi connectivity index (χ4v) is 3.29. The van der Waals surface area contributed by atoms with Crippen LogP contribution < -0.4 is 16.0 Å². The molecule has 0 bridgehead atoms. The molecule has 4 aromatic rings. The minimum Gasteiger partial charge on any atom is -0.368 e. The Kier molecular flexibility index (Phi) is 7.88. The fraction of sp³-hybridized carbons (Fsp3) is 0.120. The molecule has 2 aromatic heterocycles. The summed E-state index contributed by atoms with van der Waals surface area (Å²) >= 11 is 0. The number of pyridine rings is 1. The average Bonchev–Trinajstić information content (AvgIpc) is 2.92. The van der Waals surface area contributed by atoms with Crippen molar-refractivity contribution in [3.63, 3.8) is 0 Å². The second kappa shape index (κ2) is 11.6. The number of hydrogen-bond acceptors (Lipinski definition) is 8. The van der Waals surface area contributed by atoms with Crippen LogP contribution in [0.1, 0.15) is 15.9 Å². The third-order valence-electron chi connectivity index (χ3n) is 5.21. The molecule has 2 aromatic carbocycles. The van der Waals surface area contributed by atoms with Gasteiger partial charge in [-0.05, 0) is 42.0 Å². The predicted octanol–water partition coefficient (Wildman–Crippen LogP) is 4.18. The molecule has 0 radical (unpaired) electrons. The van der Waals surface area contributed by atoms with E-state index in [0.29, 0.717) is 41.7 Å². The molecule has 0 aliphatic rings. The van der Waals surface area contributed by atoms with Crippen LogP contribution in [0.25, 0.3) is 11.3 Å². The van der Waals surface area contributed by atoms with Gasteiger partial charge in [-0.1, -0.05) is 18.2 Å². The molecular weight excluding hydrogens is 484 g/mol. The van der Waals surface area contributed by atoms with E-state index in [2.05, 4.69) is 30.9 Å². The number of nitrogens with one attached hydrogen (secondary N) is 3. The van der Waals surface area contributed by atoms with E-state index in [0.717, 1.165) is 17.7 Å². The van der Waals surface area contributed by atoms with E-state index in [4.69, 9.17) is 0 Å². The van der Waals surface area contributed by atoms with E-state index in [1.807, 2.05) is 0 Å². The Morgan fingerprint density at radius 1 is 0.919 bits per heavy atom. The number of carbonyl (C=O) groups excluding carboxylic acids is 1. The van der Waals surface area contributed by atoms with Gasteiger partial charge in [0.05, 0.1) is 10.6 Å². The maximum Gasteiger partial charge on any atom is 0.287 e. The molecule has 0 saturated carbocycles. The molecule has 3 N–H and O–H groups in total. The van der Waals surface area contributed by atoms with Gasteiger partial charge in [-0.25, -0.2) is 23.7 Å². The SMILES string of the molecule is O=C(NCc1ccc(F)c(F)c1)c1ccc(-c2ccnc(NCCNc3ccc([N+](=O)[O-])cn3)n2)cc1. The zero-order valence-electron chi connectivity index (χ0n) is 19.3. The summed E-state index contributed by atoms with van der Waals surface area (Å²) in [5.74, 6) is -1.34. The maximum atomic E-state index is 13.3. The number of aromatic nitrogens is 3. The molecule has 37 heavy (non-hydrogen) atoms. The van der Waals surface area contributed by atoms with Crippen LogP contribution in [0, 0.1) is 21.7 Å². The molecule has 0 aliphatic heterocycles. The molecular formula is C25H21F2N7O3. The minimum atomic E-state index is -0.965. The Morgan fingerprint density at radius 2 is 1.70 bits per heavy atom. The van der Waals surface area contributed by atoms with Gasteiger partial charge < -0.3 is 16.0 Å². The fourth-order valence-electron chi connectivity index (χ4n) is 3.29. The minimum absolute atomic E-state index is 0.0633. The molecule has 10 nitrogen and oxygen atoms in total. The number of amides is 1.